The maximum atomic E-state index is 5.69. The summed E-state index contributed by atoms with van der Waals surface area (Å²) in [5.74, 6) is 0.815. The molecule has 0 fully saturated rings. The number of anilines is 1. The van der Waals surface area contributed by atoms with Gasteiger partial charge in [0.15, 0.2) is 0 Å². The molecular weight excluding hydrogens is 202 g/mol. The van der Waals surface area contributed by atoms with Crippen molar-refractivity contribution in [2.75, 3.05) is 12.8 Å². The zero-order valence-electron chi connectivity index (χ0n) is 7.07. The van der Waals surface area contributed by atoms with Crippen LogP contribution in [0.25, 0.3) is 10.1 Å². The molecule has 0 radical (unpaired) electrons. The molecule has 0 bridgehead atoms. The van der Waals surface area contributed by atoms with E-state index in [-0.39, 0.29) is 0 Å². The molecule has 4 heteroatoms. The summed E-state index contributed by atoms with van der Waals surface area (Å²) in [6, 6.07) is 5.78. The SMILES string of the molecule is COc1cc(S)c2sc(N)cc2c1. The number of nitrogens with two attached hydrogens (primary N) is 1. The largest absolute Gasteiger partial charge is 0.497 e. The molecule has 0 aliphatic rings. The predicted molar refractivity (Wildman–Crippen MR) is 60.0 cm³/mol. The Morgan fingerprint density at radius 2 is 2.15 bits per heavy atom. The molecule has 2 rings (SSSR count). The van der Waals surface area contributed by atoms with Crippen LogP contribution in [0.2, 0.25) is 0 Å². The van der Waals surface area contributed by atoms with Gasteiger partial charge < -0.3 is 10.5 Å². The van der Waals surface area contributed by atoms with Crippen molar-refractivity contribution < 1.29 is 4.74 Å². The van der Waals surface area contributed by atoms with Crippen molar-refractivity contribution in [3.05, 3.63) is 18.2 Å². The summed E-state index contributed by atoms with van der Waals surface area (Å²) < 4.78 is 6.24. The van der Waals surface area contributed by atoms with Gasteiger partial charge in [-0.05, 0) is 23.6 Å². The summed E-state index contributed by atoms with van der Waals surface area (Å²) >= 11 is 5.91. The highest BCUT2D eigenvalue weighted by molar-refractivity contribution is 7.80. The topological polar surface area (TPSA) is 35.2 Å². The van der Waals surface area contributed by atoms with Gasteiger partial charge in [-0.25, -0.2) is 0 Å². The van der Waals surface area contributed by atoms with Crippen molar-refractivity contribution in [3.63, 3.8) is 0 Å². The lowest BCUT2D eigenvalue weighted by Crippen LogP contribution is -1.81. The third-order valence-corrected chi connectivity index (χ3v) is 3.34. The van der Waals surface area contributed by atoms with Crippen molar-refractivity contribution in [2.24, 2.45) is 0 Å². The van der Waals surface area contributed by atoms with E-state index >= 15 is 0 Å². The Morgan fingerprint density at radius 1 is 1.38 bits per heavy atom. The summed E-state index contributed by atoms with van der Waals surface area (Å²) in [5.41, 5.74) is 5.69. The minimum absolute atomic E-state index is 0.804. The maximum absolute atomic E-state index is 5.69. The lowest BCUT2D eigenvalue weighted by Gasteiger charge is -2.00. The summed E-state index contributed by atoms with van der Waals surface area (Å²) in [6.07, 6.45) is 0. The van der Waals surface area contributed by atoms with Crippen molar-refractivity contribution >= 4 is 39.1 Å². The molecule has 0 saturated carbocycles. The number of nitrogen functional groups attached to an aromatic ring is 1. The first kappa shape index (κ1) is 8.72. The number of benzene rings is 1. The van der Waals surface area contributed by atoms with Gasteiger partial charge >= 0.3 is 0 Å². The van der Waals surface area contributed by atoms with Crippen LogP contribution in [0.5, 0.6) is 5.75 Å². The molecular formula is C9H9NOS2. The van der Waals surface area contributed by atoms with Gasteiger partial charge in [-0.1, -0.05) is 0 Å². The van der Waals surface area contributed by atoms with Gasteiger partial charge in [0.05, 0.1) is 16.8 Å². The predicted octanol–water partition coefficient (Wildman–Crippen LogP) is 2.78. The second-order valence-corrected chi connectivity index (χ2v) is 4.28. The first-order valence-corrected chi connectivity index (χ1v) is 5.03. The van der Waals surface area contributed by atoms with Crippen LogP contribution >= 0.6 is 24.0 Å². The fourth-order valence-corrected chi connectivity index (χ4v) is 2.46. The van der Waals surface area contributed by atoms with Crippen LogP contribution in [0.1, 0.15) is 0 Å². The number of hydrogen-bond donors (Lipinski definition) is 2. The molecule has 13 heavy (non-hydrogen) atoms. The van der Waals surface area contributed by atoms with Crippen LogP contribution in [-0.4, -0.2) is 7.11 Å². The monoisotopic (exact) mass is 211 g/mol. The van der Waals surface area contributed by atoms with E-state index in [4.69, 9.17) is 10.5 Å². The smallest absolute Gasteiger partial charge is 0.120 e. The number of hydrogen-bond acceptors (Lipinski definition) is 4. The Hall–Kier alpha value is -0.870. The normalized spacial score (nSPS) is 10.6. The fraction of sp³-hybridized carbons (Fsp3) is 0.111. The van der Waals surface area contributed by atoms with Gasteiger partial charge in [-0.3, -0.25) is 0 Å². The van der Waals surface area contributed by atoms with Gasteiger partial charge in [0.1, 0.15) is 5.75 Å². The first-order chi connectivity index (χ1) is 6.20. The van der Waals surface area contributed by atoms with Crippen LogP contribution in [0.15, 0.2) is 23.1 Å². The summed E-state index contributed by atoms with van der Waals surface area (Å²) in [4.78, 5) is 0.913. The van der Waals surface area contributed by atoms with E-state index in [9.17, 15) is 0 Å². The third kappa shape index (κ3) is 1.47. The molecule has 68 valence electrons. The first-order valence-electron chi connectivity index (χ1n) is 3.76. The molecule has 0 amide bonds. The lowest BCUT2D eigenvalue weighted by molar-refractivity contribution is 0.414. The zero-order chi connectivity index (χ0) is 9.42. The summed E-state index contributed by atoms with van der Waals surface area (Å²) in [5, 5.41) is 1.89. The van der Waals surface area contributed by atoms with Crippen molar-refractivity contribution in [1.29, 1.82) is 0 Å². The van der Waals surface area contributed by atoms with Crippen LogP contribution in [0, 0.1) is 0 Å². The minimum Gasteiger partial charge on any atom is -0.497 e. The van der Waals surface area contributed by atoms with Crippen LogP contribution in [0.4, 0.5) is 5.00 Å². The highest BCUT2D eigenvalue weighted by Crippen LogP contribution is 2.35. The molecule has 0 atom stereocenters. The second-order valence-electron chi connectivity index (χ2n) is 2.71. The lowest BCUT2D eigenvalue weighted by atomic mass is 10.2. The molecule has 2 nitrogen and oxygen atoms in total. The highest BCUT2D eigenvalue weighted by atomic mass is 32.1. The van der Waals surface area contributed by atoms with Crippen molar-refractivity contribution in [2.45, 2.75) is 4.90 Å². The Bertz CT molecular complexity index is 450. The highest BCUT2D eigenvalue weighted by Gasteiger charge is 2.04. The quantitative estimate of drug-likeness (QED) is 0.711. The second kappa shape index (κ2) is 3.12. The van der Waals surface area contributed by atoms with Gasteiger partial charge in [-0.2, -0.15) is 0 Å². The van der Waals surface area contributed by atoms with E-state index in [0.717, 1.165) is 25.7 Å². The molecule has 0 spiro atoms. The fourth-order valence-electron chi connectivity index (χ4n) is 1.25. The van der Waals surface area contributed by atoms with Crippen LogP contribution in [0.3, 0.4) is 0 Å². The molecule has 1 aromatic carbocycles. The standard InChI is InChI=1S/C9H9NOS2/c1-11-6-2-5-3-8(10)13-9(5)7(12)4-6/h2-4,12H,10H2,1H3. The van der Waals surface area contributed by atoms with Crippen LogP contribution < -0.4 is 10.5 Å². The van der Waals surface area contributed by atoms with E-state index in [1.165, 1.54) is 0 Å². The molecule has 2 aromatic rings. The molecule has 0 saturated heterocycles. The number of thiophene rings is 1. The molecule has 1 heterocycles. The minimum atomic E-state index is 0.804. The molecule has 0 aliphatic carbocycles. The maximum Gasteiger partial charge on any atom is 0.120 e. The van der Waals surface area contributed by atoms with Gasteiger partial charge in [0.25, 0.3) is 0 Å². The van der Waals surface area contributed by atoms with Gasteiger partial charge in [0.2, 0.25) is 0 Å². The Labute approximate surface area is 85.7 Å². The van der Waals surface area contributed by atoms with E-state index in [1.54, 1.807) is 18.4 Å². The number of fused-ring (bicyclic) bond motifs is 1. The van der Waals surface area contributed by atoms with E-state index < -0.39 is 0 Å². The van der Waals surface area contributed by atoms with E-state index in [0.29, 0.717) is 0 Å². The summed E-state index contributed by atoms with van der Waals surface area (Å²) in [6.45, 7) is 0. The number of ether oxygens (including phenoxy) is 1. The van der Waals surface area contributed by atoms with Crippen LogP contribution in [-0.2, 0) is 0 Å². The number of methoxy groups -OCH3 is 1. The molecule has 1 aromatic heterocycles. The Morgan fingerprint density at radius 3 is 2.85 bits per heavy atom. The number of rotatable bonds is 1. The molecule has 2 N–H and O–H groups in total. The zero-order valence-corrected chi connectivity index (χ0v) is 8.78. The molecule has 0 unspecified atom stereocenters. The van der Waals surface area contributed by atoms with E-state index in [1.807, 2.05) is 18.2 Å². The van der Waals surface area contributed by atoms with Gasteiger partial charge in [0, 0.05) is 4.90 Å². The average Bonchev–Trinajstić information content (AvgIpc) is 2.46. The molecule has 0 aliphatic heterocycles. The van der Waals surface area contributed by atoms with Gasteiger partial charge in [-0.15, -0.1) is 24.0 Å². The number of thiol groups is 1. The Kier molecular flexibility index (Phi) is 2.09. The average molecular weight is 211 g/mol. The Balaban J connectivity index is 2.75. The van der Waals surface area contributed by atoms with E-state index in [2.05, 4.69) is 12.6 Å². The summed E-state index contributed by atoms with van der Waals surface area (Å²) in [7, 11) is 1.64. The van der Waals surface area contributed by atoms with Crippen molar-refractivity contribution in [1.82, 2.24) is 0 Å². The third-order valence-electron chi connectivity index (χ3n) is 1.82. The van der Waals surface area contributed by atoms with Crippen molar-refractivity contribution in [3.8, 4) is 5.75 Å².